The van der Waals surface area contributed by atoms with E-state index in [2.05, 4.69) is 122 Å². The Balaban J connectivity index is 0.000000178. The fraction of sp³-hybridized carbons (Fsp3) is 0.405. The van der Waals surface area contributed by atoms with Gasteiger partial charge in [0.1, 0.15) is 0 Å². The zero-order chi connectivity index (χ0) is 32.8. The third-order valence-corrected chi connectivity index (χ3v) is 16.4. The first-order chi connectivity index (χ1) is 21.3. The fourth-order valence-electron chi connectivity index (χ4n) is 6.21. The van der Waals surface area contributed by atoms with Gasteiger partial charge in [-0.05, 0) is 10.8 Å². The van der Waals surface area contributed by atoms with Gasteiger partial charge >= 0.3 is 132 Å². The molecule has 3 heteroatoms. The molecule has 1 saturated carbocycles. The number of fused-ring (bicyclic) bond motifs is 3. The summed E-state index contributed by atoms with van der Waals surface area (Å²) in [7, 11) is 12.9. The Hall–Kier alpha value is -1.80. The molecule has 6 rings (SSSR count). The molecule has 1 aliphatic rings. The number of hydrogen-bond acceptors (Lipinski definition) is 0. The van der Waals surface area contributed by atoms with Crippen molar-refractivity contribution >= 4 is 42.0 Å². The van der Waals surface area contributed by atoms with Crippen LogP contribution in [0.3, 0.4) is 0 Å². The minimum atomic E-state index is -2.50. The van der Waals surface area contributed by atoms with Crippen LogP contribution in [0.25, 0.3) is 21.5 Å². The summed E-state index contributed by atoms with van der Waals surface area (Å²) in [6, 6.07) is 35.1. The number of rotatable bonds is 3. The van der Waals surface area contributed by atoms with Gasteiger partial charge in [-0.2, -0.15) is 18.2 Å². The third-order valence-electron chi connectivity index (χ3n) is 9.10. The van der Waals surface area contributed by atoms with Crippen LogP contribution >= 0.6 is 17.2 Å². The second kappa shape index (κ2) is 15.9. The van der Waals surface area contributed by atoms with Gasteiger partial charge in [-0.15, -0.1) is 39.7 Å². The Morgan fingerprint density at radius 2 is 1.20 bits per heavy atom. The van der Waals surface area contributed by atoms with Crippen LogP contribution in [0, 0.1) is 5.92 Å². The van der Waals surface area contributed by atoms with Crippen molar-refractivity contribution in [2.24, 2.45) is 5.92 Å². The molecule has 0 unspecified atom stereocenters. The molecule has 0 saturated heterocycles. The second-order valence-corrected chi connectivity index (χ2v) is 26.6. The topological polar surface area (TPSA) is 0 Å². The Labute approximate surface area is 288 Å². The smallest absolute Gasteiger partial charge is 0.172 e. The molecule has 1 fully saturated rings. The fourth-order valence-corrected chi connectivity index (χ4v) is 14.1. The summed E-state index contributed by atoms with van der Waals surface area (Å²) in [5.74, 6) is 1.25. The first-order valence-corrected chi connectivity index (χ1v) is 27.4. The van der Waals surface area contributed by atoms with Crippen LogP contribution < -0.4 is 0 Å². The number of hydrogen-bond donors (Lipinski definition) is 0. The van der Waals surface area contributed by atoms with Crippen molar-refractivity contribution in [2.45, 2.75) is 104 Å². The van der Waals surface area contributed by atoms with Gasteiger partial charge in [-0.3, -0.25) is 0 Å². The number of benzene rings is 3. The summed E-state index contributed by atoms with van der Waals surface area (Å²) in [6.07, 6.45) is 6.63. The Bertz CT molecular complexity index is 1570. The summed E-state index contributed by atoms with van der Waals surface area (Å²) >= 11 is -2.50. The molecule has 0 spiro atoms. The van der Waals surface area contributed by atoms with Crippen molar-refractivity contribution in [1.82, 2.24) is 0 Å². The zero-order valence-electron chi connectivity index (χ0n) is 28.7. The van der Waals surface area contributed by atoms with E-state index >= 15 is 0 Å². The van der Waals surface area contributed by atoms with Crippen LogP contribution in [-0.4, -0.2) is 3.26 Å². The Morgan fingerprint density at radius 3 is 1.58 bits per heavy atom. The molecule has 0 radical (unpaired) electrons. The molecule has 0 N–H and O–H groups in total. The van der Waals surface area contributed by atoms with E-state index in [1.165, 1.54) is 79.2 Å². The quantitative estimate of drug-likeness (QED) is 0.126. The zero-order valence-corrected chi connectivity index (χ0v) is 33.8. The molecule has 0 bridgehead atoms. The van der Waals surface area contributed by atoms with Crippen molar-refractivity contribution in [3.63, 3.8) is 0 Å². The normalized spacial score (nSPS) is 14.1. The second-order valence-electron chi connectivity index (χ2n) is 15.0. The van der Waals surface area contributed by atoms with E-state index in [0.29, 0.717) is 11.8 Å². The van der Waals surface area contributed by atoms with Crippen LogP contribution in [0.2, 0.25) is 0 Å². The molecule has 240 valence electrons. The van der Waals surface area contributed by atoms with Crippen molar-refractivity contribution in [3.8, 4) is 0 Å². The van der Waals surface area contributed by atoms with E-state index in [0.717, 1.165) is 0 Å². The average molecular weight is 806 g/mol. The number of halogens is 2. The van der Waals surface area contributed by atoms with Crippen LogP contribution in [-0.2, 0) is 29.4 Å². The molecule has 45 heavy (non-hydrogen) atoms. The van der Waals surface area contributed by atoms with Crippen LogP contribution in [0.1, 0.15) is 116 Å². The maximum atomic E-state index is 6.46. The van der Waals surface area contributed by atoms with E-state index in [1.54, 1.807) is 0 Å². The monoisotopic (exact) mass is 806 g/mol. The molecule has 5 aromatic rings. The molecule has 1 aliphatic carbocycles. The van der Waals surface area contributed by atoms with Gasteiger partial charge in [0.25, 0.3) is 0 Å². The first-order valence-electron chi connectivity index (χ1n) is 16.7. The predicted molar refractivity (Wildman–Crippen MR) is 199 cm³/mol. The van der Waals surface area contributed by atoms with Gasteiger partial charge in [0, 0.05) is 0 Å². The van der Waals surface area contributed by atoms with Crippen LogP contribution in [0.5, 0.6) is 0 Å². The summed E-state index contributed by atoms with van der Waals surface area (Å²) < 4.78 is 1.45. The van der Waals surface area contributed by atoms with Gasteiger partial charge in [-0.25, -0.2) is 12.1 Å². The molecule has 0 nitrogen and oxygen atoms in total. The average Bonchev–Trinajstić information content (AvgIpc) is 3.69. The van der Waals surface area contributed by atoms with Gasteiger partial charge in [0.2, 0.25) is 0 Å². The predicted octanol–water partition coefficient (Wildman–Crippen LogP) is 13.5. The molecule has 0 heterocycles. The van der Waals surface area contributed by atoms with E-state index < -0.39 is 18.6 Å². The molecular weight excluding hydrogens is 754 g/mol. The van der Waals surface area contributed by atoms with E-state index in [9.17, 15) is 0 Å². The minimum Gasteiger partial charge on any atom is -0.214 e. The molecule has 5 aromatic carbocycles. The van der Waals surface area contributed by atoms with Gasteiger partial charge in [-0.1, -0.05) is 76.9 Å². The first kappa shape index (κ1) is 36.0. The summed E-state index contributed by atoms with van der Waals surface area (Å²) in [5.41, 5.74) is 5.93. The Kier molecular flexibility index (Phi) is 12.7. The van der Waals surface area contributed by atoms with Crippen molar-refractivity contribution in [2.75, 3.05) is 0 Å². The molecule has 0 aliphatic heterocycles. The summed E-state index contributed by atoms with van der Waals surface area (Å²) in [5, 5.41) is 5.48. The van der Waals surface area contributed by atoms with Gasteiger partial charge < -0.3 is 0 Å². The molecular formula is C42H52Cl2Hf-2. The Morgan fingerprint density at radius 1 is 0.711 bits per heavy atom. The maximum absolute atomic E-state index is 6.46. The molecule has 0 aromatic heterocycles. The van der Waals surface area contributed by atoms with Crippen molar-refractivity contribution in [1.29, 1.82) is 0 Å². The largest absolute Gasteiger partial charge is 0.214 e. The van der Waals surface area contributed by atoms with Crippen LogP contribution in [0.4, 0.5) is 0 Å². The summed E-state index contributed by atoms with van der Waals surface area (Å²) in [6.45, 7) is 18.1. The minimum absolute atomic E-state index is 0.203. The van der Waals surface area contributed by atoms with E-state index in [4.69, 9.17) is 17.2 Å². The van der Waals surface area contributed by atoms with Crippen molar-refractivity contribution < 1.29 is 18.6 Å². The maximum Gasteiger partial charge on any atom is -0.172 e. The van der Waals surface area contributed by atoms with Gasteiger partial charge in [0.05, 0.1) is 0 Å². The van der Waals surface area contributed by atoms with Crippen LogP contribution in [0.15, 0.2) is 97.1 Å². The third kappa shape index (κ3) is 9.85. The SMILES string of the molecule is CC(C)(C)c1ccc2c(c1)[cH-]c1cc(C(C)(C)C)ccc12.CC(C)c1ccc([C](C2CCCCC2)=[Hf]([Cl])[Cl])cc1.c1cc[cH-]c1. The van der Waals surface area contributed by atoms with Crippen molar-refractivity contribution in [3.05, 3.63) is 119 Å². The molecule has 0 atom stereocenters. The summed E-state index contributed by atoms with van der Waals surface area (Å²) in [4.78, 5) is 0. The van der Waals surface area contributed by atoms with E-state index in [-0.39, 0.29) is 10.8 Å². The van der Waals surface area contributed by atoms with E-state index in [1.807, 2.05) is 30.3 Å². The standard InChI is InChI=1S/C21H25.C16H22.C5H5.2ClH.Hf/c1-20(2,3)16-7-9-18-14(12-16)11-15-13-17(21(4,5)6)8-10-19(15)18;1-13(2)16-10-8-15(9-11-16)12-14-6-4-3-5-7-14;1-2-4-5-3-1;;;/h7-13H,1-6H3;8-11,13-14H,3-7H2,1-2H3;1-5H;2*1H;/q-1;;-1;;;+2/p-2. The molecule has 0 amide bonds. The van der Waals surface area contributed by atoms with Gasteiger partial charge in [0.15, 0.2) is 0 Å².